The fourth-order valence-electron chi connectivity index (χ4n) is 1.81. The quantitative estimate of drug-likeness (QED) is 0.739. The lowest BCUT2D eigenvalue weighted by Gasteiger charge is -2.27. The van der Waals surface area contributed by atoms with E-state index in [1.165, 1.54) is 0 Å². The van der Waals surface area contributed by atoms with Gasteiger partial charge in [0.1, 0.15) is 11.2 Å². The van der Waals surface area contributed by atoms with Crippen LogP contribution in [0.5, 0.6) is 0 Å². The number of H-pyrrole nitrogens is 1. The highest BCUT2D eigenvalue weighted by atomic mass is 19.4. The second-order valence-electron chi connectivity index (χ2n) is 3.75. The minimum Gasteiger partial charge on any atom is -0.315 e. The maximum absolute atomic E-state index is 13.0. The molecule has 2 rings (SSSR count). The molecule has 1 aliphatic heterocycles. The summed E-state index contributed by atoms with van der Waals surface area (Å²) in [7, 11) is 0. The predicted octanol–water partition coefficient (Wildman–Crippen LogP) is 0.907. The van der Waals surface area contributed by atoms with Crippen LogP contribution < -0.4 is 5.32 Å². The van der Waals surface area contributed by atoms with Gasteiger partial charge in [0.25, 0.3) is 0 Å². The summed E-state index contributed by atoms with van der Waals surface area (Å²) in [4.78, 5) is 3.80. The van der Waals surface area contributed by atoms with E-state index >= 15 is 0 Å². The van der Waals surface area contributed by atoms with Gasteiger partial charge in [-0.3, -0.25) is 5.10 Å². The molecule has 1 saturated heterocycles. The summed E-state index contributed by atoms with van der Waals surface area (Å²) in [6, 6.07) is 0. The molecule has 1 aromatic rings. The van der Waals surface area contributed by atoms with Gasteiger partial charge in [0.15, 0.2) is 5.82 Å². The molecule has 1 atom stereocenters. The maximum atomic E-state index is 13.0. The van der Waals surface area contributed by atoms with Crippen LogP contribution in [-0.4, -0.2) is 34.4 Å². The highest BCUT2D eigenvalue weighted by molar-refractivity contribution is 5.16. The third kappa shape index (κ3) is 1.50. The van der Waals surface area contributed by atoms with Crippen molar-refractivity contribution in [1.82, 2.24) is 20.5 Å². The molecule has 15 heavy (non-hydrogen) atoms. The van der Waals surface area contributed by atoms with Crippen molar-refractivity contribution in [3.63, 3.8) is 0 Å². The van der Waals surface area contributed by atoms with Gasteiger partial charge in [-0.25, -0.2) is 4.98 Å². The minimum absolute atomic E-state index is 0.00616. The summed E-state index contributed by atoms with van der Waals surface area (Å²) in [5.74, 6) is 0.248. The van der Waals surface area contributed by atoms with Crippen molar-refractivity contribution in [2.75, 3.05) is 13.1 Å². The number of hydrogen-bond acceptors (Lipinski definition) is 3. The molecule has 7 heteroatoms. The Bertz CT molecular complexity index is 351. The second-order valence-corrected chi connectivity index (χ2v) is 3.75. The van der Waals surface area contributed by atoms with Crippen LogP contribution in [0.3, 0.4) is 0 Å². The predicted molar refractivity (Wildman–Crippen MR) is 46.3 cm³/mol. The topological polar surface area (TPSA) is 53.6 Å². The van der Waals surface area contributed by atoms with Gasteiger partial charge in [-0.1, -0.05) is 0 Å². The second kappa shape index (κ2) is 3.19. The number of aromatic nitrogens is 3. The van der Waals surface area contributed by atoms with Crippen LogP contribution in [0, 0.1) is 6.92 Å². The van der Waals surface area contributed by atoms with Gasteiger partial charge in [-0.2, -0.15) is 18.3 Å². The van der Waals surface area contributed by atoms with E-state index in [-0.39, 0.29) is 18.8 Å². The van der Waals surface area contributed by atoms with E-state index in [4.69, 9.17) is 0 Å². The van der Waals surface area contributed by atoms with Gasteiger partial charge in [0, 0.05) is 6.54 Å². The van der Waals surface area contributed by atoms with Gasteiger partial charge in [0.05, 0.1) is 0 Å². The molecule has 0 radical (unpaired) electrons. The van der Waals surface area contributed by atoms with Gasteiger partial charge in [0.2, 0.25) is 0 Å². The van der Waals surface area contributed by atoms with Crippen molar-refractivity contribution in [2.24, 2.45) is 0 Å². The zero-order valence-electron chi connectivity index (χ0n) is 8.15. The largest absolute Gasteiger partial charge is 0.402 e. The number of hydrogen-bond donors (Lipinski definition) is 2. The molecule has 1 aromatic heterocycles. The normalized spacial score (nSPS) is 27.2. The Labute approximate surface area is 84.3 Å². The highest BCUT2D eigenvalue weighted by Gasteiger charge is 2.59. The Hall–Kier alpha value is -1.11. The summed E-state index contributed by atoms with van der Waals surface area (Å²) >= 11 is 0. The first-order valence-electron chi connectivity index (χ1n) is 4.63. The molecule has 1 fully saturated rings. The number of nitrogens with zero attached hydrogens (tertiary/aromatic N) is 2. The molecule has 84 valence electrons. The van der Waals surface area contributed by atoms with E-state index in [2.05, 4.69) is 20.5 Å². The van der Waals surface area contributed by atoms with Crippen LogP contribution in [-0.2, 0) is 5.41 Å². The Morgan fingerprint density at radius 3 is 2.53 bits per heavy atom. The number of rotatable bonds is 1. The van der Waals surface area contributed by atoms with Crippen LogP contribution >= 0.6 is 0 Å². The van der Waals surface area contributed by atoms with Gasteiger partial charge >= 0.3 is 6.18 Å². The molecule has 1 aliphatic rings. The van der Waals surface area contributed by atoms with Crippen molar-refractivity contribution in [1.29, 1.82) is 0 Å². The molecule has 4 nitrogen and oxygen atoms in total. The minimum atomic E-state index is -4.31. The fraction of sp³-hybridized carbons (Fsp3) is 0.750. The van der Waals surface area contributed by atoms with Crippen LogP contribution in [0.4, 0.5) is 13.2 Å². The molecule has 2 N–H and O–H groups in total. The van der Waals surface area contributed by atoms with E-state index in [1.807, 2.05) is 0 Å². The first-order chi connectivity index (χ1) is 6.96. The Morgan fingerprint density at radius 2 is 2.13 bits per heavy atom. The molecule has 0 spiro atoms. The van der Waals surface area contributed by atoms with Gasteiger partial charge in [-0.05, 0) is 19.9 Å². The maximum Gasteiger partial charge on any atom is 0.402 e. The van der Waals surface area contributed by atoms with E-state index in [1.54, 1.807) is 6.92 Å². The molecule has 0 aliphatic carbocycles. The van der Waals surface area contributed by atoms with E-state index in [0.29, 0.717) is 12.4 Å². The summed E-state index contributed by atoms with van der Waals surface area (Å²) in [5, 5.41) is 8.81. The smallest absolute Gasteiger partial charge is 0.315 e. The van der Waals surface area contributed by atoms with Crippen LogP contribution in [0.2, 0.25) is 0 Å². The summed E-state index contributed by atoms with van der Waals surface area (Å²) in [5.41, 5.74) is -1.92. The molecule has 2 heterocycles. The van der Waals surface area contributed by atoms with E-state index in [9.17, 15) is 13.2 Å². The molecule has 0 amide bonds. The molecule has 1 unspecified atom stereocenters. The Kier molecular flexibility index (Phi) is 2.22. The number of halogens is 3. The molecule has 0 bridgehead atoms. The number of aryl methyl sites for hydroxylation is 1. The first kappa shape index (κ1) is 10.4. The lowest BCUT2D eigenvalue weighted by molar-refractivity contribution is -0.187. The Balaban J connectivity index is 2.43. The van der Waals surface area contributed by atoms with Crippen LogP contribution in [0.25, 0.3) is 0 Å². The van der Waals surface area contributed by atoms with E-state index in [0.717, 1.165) is 0 Å². The standard InChI is InChI=1S/C8H11F3N4/c1-5-13-6(15-14-5)7(8(9,10)11)2-3-12-4-7/h12H,2-4H2,1H3,(H,13,14,15). The lowest BCUT2D eigenvalue weighted by Crippen LogP contribution is -2.45. The van der Waals surface area contributed by atoms with Crippen LogP contribution in [0.15, 0.2) is 0 Å². The van der Waals surface area contributed by atoms with Crippen LogP contribution in [0.1, 0.15) is 18.1 Å². The lowest BCUT2D eigenvalue weighted by atomic mass is 9.85. The fourth-order valence-corrected chi connectivity index (χ4v) is 1.81. The first-order valence-corrected chi connectivity index (χ1v) is 4.63. The molecule has 0 aromatic carbocycles. The third-order valence-electron chi connectivity index (χ3n) is 2.72. The zero-order valence-corrected chi connectivity index (χ0v) is 8.15. The molecular formula is C8H11F3N4. The summed E-state index contributed by atoms with van der Waals surface area (Å²) in [6.07, 6.45) is -4.32. The average Bonchev–Trinajstić information content (AvgIpc) is 2.69. The average molecular weight is 220 g/mol. The van der Waals surface area contributed by atoms with Crippen molar-refractivity contribution < 1.29 is 13.2 Å². The number of aromatic amines is 1. The van der Waals surface area contributed by atoms with Crippen molar-refractivity contribution in [3.8, 4) is 0 Å². The summed E-state index contributed by atoms with van der Waals surface area (Å²) < 4.78 is 38.9. The van der Waals surface area contributed by atoms with Crippen molar-refractivity contribution in [2.45, 2.75) is 24.9 Å². The number of nitrogens with one attached hydrogen (secondary N) is 2. The van der Waals surface area contributed by atoms with Gasteiger partial charge < -0.3 is 5.32 Å². The molecular weight excluding hydrogens is 209 g/mol. The van der Waals surface area contributed by atoms with Crippen molar-refractivity contribution >= 4 is 0 Å². The monoisotopic (exact) mass is 220 g/mol. The Morgan fingerprint density at radius 1 is 1.40 bits per heavy atom. The van der Waals surface area contributed by atoms with Gasteiger partial charge in [-0.15, -0.1) is 0 Å². The molecule has 0 saturated carbocycles. The van der Waals surface area contributed by atoms with E-state index < -0.39 is 11.6 Å². The number of alkyl halides is 3. The SMILES string of the molecule is Cc1nc(C2(C(F)(F)F)CCNC2)n[nH]1. The van der Waals surface area contributed by atoms with Crippen molar-refractivity contribution in [3.05, 3.63) is 11.6 Å². The third-order valence-corrected chi connectivity index (χ3v) is 2.72. The highest BCUT2D eigenvalue weighted by Crippen LogP contribution is 2.43. The summed E-state index contributed by atoms with van der Waals surface area (Å²) in [6.45, 7) is 1.78. The zero-order chi connectivity index (χ0) is 11.1.